The van der Waals surface area contributed by atoms with E-state index in [-0.39, 0.29) is 18.6 Å². The van der Waals surface area contributed by atoms with Crippen LogP contribution >= 0.6 is 0 Å². The lowest BCUT2D eigenvalue weighted by Crippen LogP contribution is -2.27. The third-order valence-corrected chi connectivity index (χ3v) is 4.82. The molecule has 0 aromatic heterocycles. The molecule has 0 saturated heterocycles. The molecule has 0 bridgehead atoms. The van der Waals surface area contributed by atoms with Crippen LogP contribution in [0.15, 0.2) is 24.3 Å². The van der Waals surface area contributed by atoms with Gasteiger partial charge < -0.3 is 10.4 Å². The van der Waals surface area contributed by atoms with Gasteiger partial charge in [0.2, 0.25) is 0 Å². The van der Waals surface area contributed by atoms with Crippen molar-refractivity contribution in [2.75, 3.05) is 5.32 Å². The van der Waals surface area contributed by atoms with Gasteiger partial charge in [-0.3, -0.25) is 9.59 Å². The van der Waals surface area contributed by atoms with Crippen LogP contribution in [-0.2, 0) is 4.79 Å². The maximum atomic E-state index is 11.9. The predicted molar refractivity (Wildman–Crippen MR) is 91.8 cm³/mol. The monoisotopic (exact) mass is 317 g/mol. The standard InChI is InChI=1S/C19H27NO3/c1-13-4-3-5-14(2)17(12-13)20-16-8-6-15(7-9-16)18(21)10-11-19(22)23/h6-9,13-14,17,20H,3-5,10-12H2,1-2H3,(H,22,23). The molecule has 1 aliphatic carbocycles. The van der Waals surface area contributed by atoms with E-state index in [1.54, 1.807) is 12.1 Å². The summed E-state index contributed by atoms with van der Waals surface area (Å²) in [4.78, 5) is 22.4. The molecule has 0 radical (unpaired) electrons. The molecule has 2 N–H and O–H groups in total. The number of hydrogen-bond donors (Lipinski definition) is 2. The second-order valence-electron chi connectivity index (χ2n) is 6.89. The summed E-state index contributed by atoms with van der Waals surface area (Å²) in [5.41, 5.74) is 1.62. The molecular formula is C19H27NO3. The quantitative estimate of drug-likeness (QED) is 0.604. The molecule has 0 heterocycles. The average molecular weight is 317 g/mol. The molecule has 4 heteroatoms. The van der Waals surface area contributed by atoms with Gasteiger partial charge in [0.15, 0.2) is 5.78 Å². The van der Waals surface area contributed by atoms with E-state index in [0.717, 1.165) is 11.6 Å². The summed E-state index contributed by atoms with van der Waals surface area (Å²) >= 11 is 0. The zero-order valence-corrected chi connectivity index (χ0v) is 14.0. The number of carbonyl (C=O) groups excluding carboxylic acids is 1. The Morgan fingerprint density at radius 2 is 1.83 bits per heavy atom. The van der Waals surface area contributed by atoms with E-state index in [0.29, 0.717) is 17.5 Å². The number of carboxylic acid groups (broad SMARTS) is 1. The summed E-state index contributed by atoms with van der Waals surface area (Å²) in [5.74, 6) is 0.342. The van der Waals surface area contributed by atoms with Gasteiger partial charge >= 0.3 is 5.97 Å². The van der Waals surface area contributed by atoms with Gasteiger partial charge in [-0.15, -0.1) is 0 Å². The molecule has 0 spiro atoms. The number of carbonyl (C=O) groups is 2. The Bertz CT molecular complexity index is 538. The summed E-state index contributed by atoms with van der Waals surface area (Å²) in [7, 11) is 0. The number of ketones is 1. The van der Waals surface area contributed by atoms with Crippen molar-refractivity contribution in [1.82, 2.24) is 0 Å². The Hall–Kier alpha value is -1.84. The highest BCUT2D eigenvalue weighted by molar-refractivity contribution is 5.97. The van der Waals surface area contributed by atoms with Gasteiger partial charge in [-0.2, -0.15) is 0 Å². The minimum absolute atomic E-state index is 0.0548. The maximum absolute atomic E-state index is 11.9. The van der Waals surface area contributed by atoms with Gasteiger partial charge in [0.1, 0.15) is 0 Å². The van der Waals surface area contributed by atoms with Crippen molar-refractivity contribution in [3.05, 3.63) is 29.8 Å². The molecule has 23 heavy (non-hydrogen) atoms. The fraction of sp³-hybridized carbons (Fsp3) is 0.579. The number of Topliss-reactive ketones (excluding diaryl/α,β-unsaturated/α-hetero) is 1. The molecule has 4 nitrogen and oxygen atoms in total. The third kappa shape index (κ3) is 5.38. The van der Waals surface area contributed by atoms with Gasteiger partial charge in [-0.1, -0.05) is 26.7 Å². The lowest BCUT2D eigenvalue weighted by atomic mass is 9.94. The molecule has 3 atom stereocenters. The van der Waals surface area contributed by atoms with Crippen LogP contribution in [0, 0.1) is 11.8 Å². The van der Waals surface area contributed by atoms with Crippen molar-refractivity contribution >= 4 is 17.4 Å². The minimum Gasteiger partial charge on any atom is -0.481 e. The number of benzene rings is 1. The average Bonchev–Trinajstić information content (AvgIpc) is 2.67. The van der Waals surface area contributed by atoms with Crippen molar-refractivity contribution in [3.8, 4) is 0 Å². The van der Waals surface area contributed by atoms with Crippen molar-refractivity contribution in [1.29, 1.82) is 0 Å². The first-order chi connectivity index (χ1) is 11.0. The normalized spacial score (nSPS) is 24.7. The first kappa shape index (κ1) is 17.5. The first-order valence-corrected chi connectivity index (χ1v) is 8.57. The first-order valence-electron chi connectivity index (χ1n) is 8.57. The number of carboxylic acids is 1. The molecule has 1 aliphatic rings. The van der Waals surface area contributed by atoms with Gasteiger partial charge in [0.05, 0.1) is 6.42 Å². The largest absolute Gasteiger partial charge is 0.481 e. The summed E-state index contributed by atoms with van der Waals surface area (Å²) in [6.07, 6.45) is 4.99. The molecule has 0 aliphatic heterocycles. The van der Waals surface area contributed by atoms with Crippen molar-refractivity contribution in [2.24, 2.45) is 11.8 Å². The van der Waals surface area contributed by atoms with Crippen LogP contribution < -0.4 is 5.32 Å². The van der Waals surface area contributed by atoms with Crippen LogP contribution in [0.25, 0.3) is 0 Å². The summed E-state index contributed by atoms with van der Waals surface area (Å²) in [6, 6.07) is 7.90. The summed E-state index contributed by atoms with van der Waals surface area (Å²) in [6.45, 7) is 4.62. The second kappa shape index (κ2) is 8.14. The zero-order chi connectivity index (χ0) is 16.8. The van der Waals surface area contributed by atoms with Crippen molar-refractivity contribution < 1.29 is 14.7 Å². The highest BCUT2D eigenvalue weighted by Crippen LogP contribution is 2.29. The number of rotatable bonds is 6. The highest BCUT2D eigenvalue weighted by atomic mass is 16.4. The second-order valence-corrected chi connectivity index (χ2v) is 6.89. The molecular weight excluding hydrogens is 290 g/mol. The lowest BCUT2D eigenvalue weighted by Gasteiger charge is -2.25. The highest BCUT2D eigenvalue weighted by Gasteiger charge is 2.23. The summed E-state index contributed by atoms with van der Waals surface area (Å²) < 4.78 is 0. The lowest BCUT2D eigenvalue weighted by molar-refractivity contribution is -0.136. The van der Waals surface area contributed by atoms with Crippen LogP contribution in [0.2, 0.25) is 0 Å². The molecule has 1 saturated carbocycles. The van der Waals surface area contributed by atoms with Gasteiger partial charge in [0.25, 0.3) is 0 Å². The van der Waals surface area contributed by atoms with E-state index >= 15 is 0 Å². The van der Waals surface area contributed by atoms with Crippen molar-refractivity contribution in [2.45, 2.75) is 58.4 Å². The molecule has 1 aromatic carbocycles. The smallest absolute Gasteiger partial charge is 0.303 e. The SMILES string of the molecule is CC1CCCC(C)C(Nc2ccc(C(=O)CCC(=O)O)cc2)C1. The van der Waals surface area contributed by atoms with Crippen LogP contribution in [0.3, 0.4) is 0 Å². The van der Waals surface area contributed by atoms with E-state index in [9.17, 15) is 9.59 Å². The molecule has 2 rings (SSSR count). The topological polar surface area (TPSA) is 66.4 Å². The number of anilines is 1. The van der Waals surface area contributed by atoms with Gasteiger partial charge in [-0.05, 0) is 48.9 Å². The molecule has 3 unspecified atom stereocenters. The molecule has 1 fully saturated rings. The van der Waals surface area contributed by atoms with Crippen LogP contribution in [0.1, 0.15) is 62.7 Å². The Balaban J connectivity index is 1.96. The Morgan fingerprint density at radius 1 is 1.13 bits per heavy atom. The maximum Gasteiger partial charge on any atom is 0.303 e. The predicted octanol–water partition coefficient (Wildman–Crippen LogP) is 4.36. The number of nitrogens with one attached hydrogen (secondary N) is 1. The summed E-state index contributed by atoms with van der Waals surface area (Å²) in [5, 5.41) is 12.3. The van der Waals surface area contributed by atoms with Crippen LogP contribution in [0.4, 0.5) is 5.69 Å². The zero-order valence-electron chi connectivity index (χ0n) is 14.0. The van der Waals surface area contributed by atoms with E-state index < -0.39 is 5.97 Å². The fourth-order valence-electron chi connectivity index (χ4n) is 3.31. The fourth-order valence-corrected chi connectivity index (χ4v) is 3.31. The third-order valence-electron chi connectivity index (χ3n) is 4.82. The molecule has 126 valence electrons. The van der Waals surface area contributed by atoms with Gasteiger partial charge in [0, 0.05) is 23.7 Å². The van der Waals surface area contributed by atoms with Crippen LogP contribution in [0.5, 0.6) is 0 Å². The van der Waals surface area contributed by atoms with E-state index in [1.807, 2.05) is 12.1 Å². The minimum atomic E-state index is -0.937. The Labute approximate surface area is 138 Å². The van der Waals surface area contributed by atoms with E-state index in [1.165, 1.54) is 25.7 Å². The number of hydrogen-bond acceptors (Lipinski definition) is 3. The Morgan fingerprint density at radius 3 is 2.48 bits per heavy atom. The van der Waals surface area contributed by atoms with Crippen LogP contribution in [-0.4, -0.2) is 22.9 Å². The van der Waals surface area contributed by atoms with E-state index in [4.69, 9.17) is 5.11 Å². The Kier molecular flexibility index (Phi) is 6.20. The molecule has 0 amide bonds. The van der Waals surface area contributed by atoms with Gasteiger partial charge in [-0.25, -0.2) is 0 Å². The van der Waals surface area contributed by atoms with Crippen molar-refractivity contribution in [3.63, 3.8) is 0 Å². The molecule has 1 aromatic rings. The number of aliphatic carboxylic acids is 1. The van der Waals surface area contributed by atoms with E-state index in [2.05, 4.69) is 19.2 Å².